The van der Waals surface area contributed by atoms with Crippen molar-refractivity contribution in [3.05, 3.63) is 66.4 Å². The van der Waals surface area contributed by atoms with Gasteiger partial charge >= 0.3 is 0 Å². The number of amides is 2. The number of nitrogens with one attached hydrogen (secondary N) is 3. The average Bonchev–Trinajstić information content (AvgIpc) is 3.09. The predicted octanol–water partition coefficient (Wildman–Crippen LogP) is 1.99. The second-order valence-electron chi connectivity index (χ2n) is 5.69. The van der Waals surface area contributed by atoms with Crippen LogP contribution in [0.2, 0.25) is 0 Å². The highest BCUT2D eigenvalue weighted by atomic mass is 32.1. The van der Waals surface area contributed by atoms with E-state index < -0.39 is 0 Å². The molecule has 3 rings (SSSR count). The minimum Gasteiger partial charge on any atom is -0.497 e. The lowest BCUT2D eigenvalue weighted by Gasteiger charge is -2.12. The summed E-state index contributed by atoms with van der Waals surface area (Å²) >= 11 is 5.03. The molecule has 138 valence electrons. The fourth-order valence-electron chi connectivity index (χ4n) is 2.55. The third-order valence-electron chi connectivity index (χ3n) is 3.89. The van der Waals surface area contributed by atoms with E-state index in [2.05, 4.69) is 16.2 Å². The molecule has 3 aromatic rings. The lowest BCUT2D eigenvalue weighted by molar-refractivity contribution is -0.122. The van der Waals surface area contributed by atoms with Crippen LogP contribution in [0.25, 0.3) is 10.9 Å². The van der Waals surface area contributed by atoms with Gasteiger partial charge in [-0.1, -0.05) is 18.2 Å². The van der Waals surface area contributed by atoms with Gasteiger partial charge in [-0.2, -0.15) is 0 Å². The molecule has 1 aromatic heterocycles. The number of carbonyl (C=O) groups excluding carboxylic acids is 2. The van der Waals surface area contributed by atoms with Gasteiger partial charge in [0.25, 0.3) is 11.8 Å². The number of para-hydroxylation sites is 1. The zero-order valence-corrected chi connectivity index (χ0v) is 15.4. The van der Waals surface area contributed by atoms with Gasteiger partial charge in [-0.3, -0.25) is 25.8 Å². The van der Waals surface area contributed by atoms with E-state index in [-0.39, 0.29) is 23.5 Å². The molecule has 0 bridgehead atoms. The summed E-state index contributed by atoms with van der Waals surface area (Å²) < 4.78 is 6.87. The number of benzene rings is 2. The molecule has 0 radical (unpaired) electrons. The largest absolute Gasteiger partial charge is 0.497 e. The number of hydrogen-bond donors (Lipinski definition) is 3. The summed E-state index contributed by atoms with van der Waals surface area (Å²) in [6.07, 6.45) is 1.84. The lowest BCUT2D eigenvalue weighted by Crippen LogP contribution is -2.49. The minimum absolute atomic E-state index is 0.00142. The van der Waals surface area contributed by atoms with Crippen LogP contribution in [-0.4, -0.2) is 28.6 Å². The van der Waals surface area contributed by atoms with Crippen molar-refractivity contribution in [2.24, 2.45) is 0 Å². The highest BCUT2D eigenvalue weighted by Crippen LogP contribution is 2.14. The van der Waals surface area contributed by atoms with Crippen LogP contribution in [0.1, 0.15) is 10.4 Å². The Kier molecular flexibility index (Phi) is 5.68. The van der Waals surface area contributed by atoms with Crippen LogP contribution in [0.15, 0.2) is 60.8 Å². The molecule has 0 aliphatic rings. The van der Waals surface area contributed by atoms with E-state index in [0.717, 1.165) is 10.9 Å². The van der Waals surface area contributed by atoms with Crippen molar-refractivity contribution < 1.29 is 14.3 Å². The highest BCUT2D eigenvalue weighted by Gasteiger charge is 2.10. The number of aromatic nitrogens is 1. The van der Waals surface area contributed by atoms with Crippen molar-refractivity contribution in [3.63, 3.8) is 0 Å². The van der Waals surface area contributed by atoms with Gasteiger partial charge in [-0.05, 0) is 54.0 Å². The van der Waals surface area contributed by atoms with Gasteiger partial charge in [0.05, 0.1) is 7.11 Å². The van der Waals surface area contributed by atoms with Crippen molar-refractivity contribution in [2.45, 2.75) is 6.54 Å². The standard InChI is InChI=1S/C19H18N4O3S/c1-26-15-8-6-14(7-9-15)18(25)20-19(27)22-21-17(24)12-23-11-10-13-4-2-3-5-16(13)23/h2-11H,12H2,1H3,(H,21,24)(H2,20,22,25,27). The van der Waals surface area contributed by atoms with E-state index in [1.165, 1.54) is 0 Å². The second-order valence-corrected chi connectivity index (χ2v) is 6.10. The van der Waals surface area contributed by atoms with E-state index in [0.29, 0.717) is 11.3 Å². The van der Waals surface area contributed by atoms with Crippen molar-refractivity contribution in [1.82, 2.24) is 20.7 Å². The molecule has 1 heterocycles. The Balaban J connectivity index is 1.49. The number of ether oxygens (including phenoxy) is 1. The van der Waals surface area contributed by atoms with Gasteiger partial charge in [0.1, 0.15) is 12.3 Å². The number of methoxy groups -OCH3 is 1. The maximum absolute atomic E-state index is 12.1. The Morgan fingerprint density at radius 2 is 1.78 bits per heavy atom. The first-order valence-corrected chi connectivity index (χ1v) is 8.56. The summed E-state index contributed by atoms with van der Waals surface area (Å²) in [5, 5.41) is 3.55. The lowest BCUT2D eigenvalue weighted by atomic mass is 10.2. The topological polar surface area (TPSA) is 84.4 Å². The van der Waals surface area contributed by atoms with Crippen LogP contribution in [0.5, 0.6) is 5.75 Å². The quantitative estimate of drug-likeness (QED) is 0.475. The first kappa shape index (κ1) is 18.4. The van der Waals surface area contributed by atoms with E-state index >= 15 is 0 Å². The first-order chi connectivity index (χ1) is 13.1. The number of thiocarbonyl (C=S) groups is 1. The van der Waals surface area contributed by atoms with Crippen LogP contribution < -0.4 is 20.9 Å². The van der Waals surface area contributed by atoms with Gasteiger partial charge in [0.2, 0.25) is 0 Å². The SMILES string of the molecule is COc1ccc(C(=O)NC(=S)NNC(=O)Cn2ccc3ccccc32)cc1. The predicted molar refractivity (Wildman–Crippen MR) is 106 cm³/mol. The zero-order chi connectivity index (χ0) is 19.2. The monoisotopic (exact) mass is 382 g/mol. The smallest absolute Gasteiger partial charge is 0.258 e. The van der Waals surface area contributed by atoms with Crippen LogP contribution in [-0.2, 0) is 11.3 Å². The van der Waals surface area contributed by atoms with E-state index in [9.17, 15) is 9.59 Å². The minimum atomic E-state index is -0.388. The van der Waals surface area contributed by atoms with Crippen LogP contribution >= 0.6 is 12.2 Å². The molecule has 0 atom stereocenters. The molecule has 7 nitrogen and oxygen atoms in total. The molecule has 0 aliphatic carbocycles. The van der Waals surface area contributed by atoms with Crippen LogP contribution in [0.3, 0.4) is 0 Å². The summed E-state index contributed by atoms with van der Waals surface area (Å²) in [4.78, 5) is 24.2. The van der Waals surface area contributed by atoms with Gasteiger partial charge in [-0.25, -0.2) is 0 Å². The van der Waals surface area contributed by atoms with E-state index in [4.69, 9.17) is 17.0 Å². The number of hydrogen-bond acceptors (Lipinski definition) is 4. The molecule has 0 spiro atoms. The molecular weight excluding hydrogens is 364 g/mol. The number of rotatable bonds is 4. The molecule has 0 fully saturated rings. The van der Waals surface area contributed by atoms with Crippen molar-refractivity contribution in [3.8, 4) is 5.75 Å². The highest BCUT2D eigenvalue weighted by molar-refractivity contribution is 7.80. The third-order valence-corrected chi connectivity index (χ3v) is 4.09. The molecule has 0 saturated heterocycles. The Morgan fingerprint density at radius 3 is 2.52 bits per heavy atom. The molecule has 3 N–H and O–H groups in total. The molecule has 8 heteroatoms. The molecule has 0 saturated carbocycles. The summed E-state index contributed by atoms with van der Waals surface area (Å²) in [6.45, 7) is 0.121. The summed E-state index contributed by atoms with van der Waals surface area (Å²) in [5.41, 5.74) is 6.39. The van der Waals surface area contributed by atoms with Gasteiger partial charge in [-0.15, -0.1) is 0 Å². The van der Waals surface area contributed by atoms with Crippen LogP contribution in [0, 0.1) is 0 Å². The molecular formula is C19H18N4O3S. The number of nitrogens with zero attached hydrogens (tertiary/aromatic N) is 1. The number of carbonyl (C=O) groups is 2. The first-order valence-electron chi connectivity index (χ1n) is 8.15. The summed E-state index contributed by atoms with van der Waals surface area (Å²) in [7, 11) is 1.55. The molecule has 27 heavy (non-hydrogen) atoms. The van der Waals surface area contributed by atoms with Gasteiger partial charge < -0.3 is 9.30 Å². The molecule has 2 amide bonds. The van der Waals surface area contributed by atoms with E-state index in [1.807, 2.05) is 41.1 Å². The second kappa shape index (κ2) is 8.33. The molecule has 0 aliphatic heterocycles. The Morgan fingerprint density at radius 1 is 1.04 bits per heavy atom. The van der Waals surface area contributed by atoms with E-state index in [1.54, 1.807) is 31.4 Å². The summed E-state index contributed by atoms with van der Waals surface area (Å²) in [5.74, 6) is -0.0322. The Hall–Kier alpha value is -3.39. The zero-order valence-electron chi connectivity index (χ0n) is 14.6. The fourth-order valence-corrected chi connectivity index (χ4v) is 2.69. The Bertz CT molecular complexity index is 982. The van der Waals surface area contributed by atoms with Crippen LogP contribution in [0.4, 0.5) is 0 Å². The Labute approximate surface area is 161 Å². The molecule has 0 unspecified atom stereocenters. The van der Waals surface area contributed by atoms with Crippen molar-refractivity contribution in [2.75, 3.05) is 7.11 Å². The third kappa shape index (κ3) is 4.62. The van der Waals surface area contributed by atoms with Gasteiger partial charge in [0, 0.05) is 17.3 Å². The number of fused-ring (bicyclic) bond motifs is 1. The van der Waals surface area contributed by atoms with Gasteiger partial charge in [0.15, 0.2) is 5.11 Å². The van der Waals surface area contributed by atoms with Crippen molar-refractivity contribution >= 4 is 40.0 Å². The normalized spacial score (nSPS) is 10.3. The maximum Gasteiger partial charge on any atom is 0.258 e. The maximum atomic E-state index is 12.1. The van der Waals surface area contributed by atoms with Crippen molar-refractivity contribution in [1.29, 1.82) is 0 Å². The fraction of sp³-hybridized carbons (Fsp3) is 0.105. The molecule has 2 aromatic carbocycles. The number of hydrazine groups is 1. The average molecular weight is 382 g/mol. The summed E-state index contributed by atoms with van der Waals surface area (Å²) in [6, 6.07) is 16.3.